The minimum absolute atomic E-state index is 0.0375. The second-order valence-electron chi connectivity index (χ2n) is 8.66. The molecule has 0 spiro atoms. The Morgan fingerprint density at radius 3 is 2.00 bits per heavy atom. The van der Waals surface area contributed by atoms with E-state index in [1.54, 1.807) is 92.2 Å². The van der Waals surface area contributed by atoms with Crippen LogP contribution in [0.2, 0.25) is 0 Å². The van der Waals surface area contributed by atoms with Crippen LogP contribution in [-0.4, -0.2) is 46.4 Å². The van der Waals surface area contributed by atoms with Gasteiger partial charge in [-0.05, 0) is 53.1 Å². The molecule has 4 aromatic rings. The van der Waals surface area contributed by atoms with Gasteiger partial charge in [0.15, 0.2) is 0 Å². The number of nitrogens with zero attached hydrogens (tertiary/aromatic N) is 3. The monoisotopic (exact) mass is 511 g/mol. The van der Waals surface area contributed by atoms with Gasteiger partial charge in [-0.2, -0.15) is 0 Å². The summed E-state index contributed by atoms with van der Waals surface area (Å²) in [6.07, 6.45) is 2.97. The van der Waals surface area contributed by atoms with Crippen molar-refractivity contribution in [1.29, 1.82) is 0 Å². The van der Waals surface area contributed by atoms with E-state index in [-0.39, 0.29) is 25.4 Å². The van der Waals surface area contributed by atoms with E-state index in [4.69, 9.17) is 0 Å². The van der Waals surface area contributed by atoms with Crippen molar-refractivity contribution in [3.05, 3.63) is 120 Å². The highest BCUT2D eigenvalue weighted by Gasteiger charge is 2.24. The van der Waals surface area contributed by atoms with Gasteiger partial charge in [0.1, 0.15) is 5.82 Å². The standard InChI is InChI=1S/C30H26FN3O4/c1-33(23-7-6-17-32-19-23)29(37)26-10-4-2-8-24(26)25-9-3-5-11-27(25)30(38)34(18-16-28(35)36)20-21-12-14-22(31)15-13-21/h2-15,17,19H,16,18,20H2,1H3,(H,35,36). The van der Waals surface area contributed by atoms with Crippen molar-refractivity contribution < 1.29 is 23.9 Å². The zero-order valence-corrected chi connectivity index (χ0v) is 20.8. The number of carboxylic acids is 1. The maximum absolute atomic E-state index is 13.8. The largest absolute Gasteiger partial charge is 0.481 e. The molecule has 0 saturated heterocycles. The van der Waals surface area contributed by atoms with Crippen LogP contribution in [-0.2, 0) is 11.3 Å². The summed E-state index contributed by atoms with van der Waals surface area (Å²) in [5, 5.41) is 9.26. The summed E-state index contributed by atoms with van der Waals surface area (Å²) >= 11 is 0. The molecule has 1 aromatic heterocycles. The summed E-state index contributed by atoms with van der Waals surface area (Å²) in [5.41, 5.74) is 3.11. The van der Waals surface area contributed by atoms with Crippen molar-refractivity contribution in [3.63, 3.8) is 0 Å². The number of benzene rings is 3. The van der Waals surface area contributed by atoms with Crippen molar-refractivity contribution in [2.45, 2.75) is 13.0 Å². The molecule has 4 rings (SSSR count). The summed E-state index contributed by atoms with van der Waals surface area (Å²) < 4.78 is 13.4. The Bertz CT molecular complexity index is 1440. The van der Waals surface area contributed by atoms with Crippen molar-refractivity contribution in [2.75, 3.05) is 18.5 Å². The molecule has 0 fully saturated rings. The Balaban J connectivity index is 1.71. The van der Waals surface area contributed by atoms with Gasteiger partial charge in [0.05, 0.1) is 18.3 Å². The van der Waals surface area contributed by atoms with Crippen molar-refractivity contribution in [1.82, 2.24) is 9.88 Å². The highest BCUT2D eigenvalue weighted by Crippen LogP contribution is 2.30. The Morgan fingerprint density at radius 2 is 1.42 bits per heavy atom. The van der Waals surface area contributed by atoms with Crippen LogP contribution in [0.25, 0.3) is 11.1 Å². The molecule has 2 amide bonds. The number of carbonyl (C=O) groups is 3. The van der Waals surface area contributed by atoms with Crippen molar-refractivity contribution in [3.8, 4) is 11.1 Å². The molecule has 1 N–H and O–H groups in total. The first-order valence-electron chi connectivity index (χ1n) is 12.0. The summed E-state index contributed by atoms with van der Waals surface area (Å²) in [5.74, 6) is -2.11. The second-order valence-corrected chi connectivity index (χ2v) is 8.66. The third-order valence-electron chi connectivity index (χ3n) is 6.11. The van der Waals surface area contributed by atoms with Gasteiger partial charge in [-0.15, -0.1) is 0 Å². The van der Waals surface area contributed by atoms with Gasteiger partial charge in [-0.3, -0.25) is 19.4 Å². The summed E-state index contributed by atoms with van der Waals surface area (Å²) in [6.45, 7) is 0.0647. The number of anilines is 1. The Hall–Kier alpha value is -4.85. The fraction of sp³-hybridized carbons (Fsp3) is 0.133. The van der Waals surface area contributed by atoms with E-state index in [1.807, 2.05) is 0 Å². The van der Waals surface area contributed by atoms with Gasteiger partial charge >= 0.3 is 5.97 Å². The number of hydrogen-bond donors (Lipinski definition) is 1. The predicted octanol–water partition coefficient (Wildman–Crippen LogP) is 5.28. The minimum atomic E-state index is -1.04. The lowest BCUT2D eigenvalue weighted by Crippen LogP contribution is -2.33. The number of rotatable bonds is 9. The SMILES string of the molecule is CN(C(=O)c1ccccc1-c1ccccc1C(=O)N(CCC(=O)O)Cc1ccc(F)cc1)c1cccnc1. The van der Waals surface area contributed by atoms with Gasteiger partial charge in [-0.1, -0.05) is 48.5 Å². The zero-order chi connectivity index (χ0) is 27.1. The van der Waals surface area contributed by atoms with Crippen LogP contribution in [0.3, 0.4) is 0 Å². The van der Waals surface area contributed by atoms with Crippen LogP contribution in [0.4, 0.5) is 10.1 Å². The molecule has 192 valence electrons. The first-order chi connectivity index (χ1) is 18.3. The molecule has 0 unspecified atom stereocenters. The molecule has 0 saturated carbocycles. The number of halogens is 1. The van der Waals surface area contributed by atoms with E-state index in [0.717, 1.165) is 0 Å². The molecule has 1 heterocycles. The normalized spacial score (nSPS) is 10.6. The molecule has 0 radical (unpaired) electrons. The molecule has 3 aromatic carbocycles. The third kappa shape index (κ3) is 6.10. The lowest BCUT2D eigenvalue weighted by Gasteiger charge is -2.24. The molecular formula is C30H26FN3O4. The highest BCUT2D eigenvalue weighted by atomic mass is 19.1. The van der Waals surface area contributed by atoms with Crippen molar-refractivity contribution in [2.24, 2.45) is 0 Å². The number of pyridine rings is 1. The number of hydrogen-bond acceptors (Lipinski definition) is 4. The summed E-state index contributed by atoms with van der Waals surface area (Å²) in [6, 6.07) is 23.2. The van der Waals surface area contributed by atoms with E-state index < -0.39 is 17.7 Å². The molecular weight excluding hydrogens is 485 g/mol. The third-order valence-corrected chi connectivity index (χ3v) is 6.11. The maximum atomic E-state index is 13.8. The fourth-order valence-corrected chi connectivity index (χ4v) is 4.12. The second kappa shape index (κ2) is 11.9. The van der Waals surface area contributed by atoms with E-state index in [0.29, 0.717) is 33.5 Å². The summed E-state index contributed by atoms with van der Waals surface area (Å²) in [7, 11) is 1.66. The first kappa shape index (κ1) is 26.2. The van der Waals surface area contributed by atoms with Gasteiger partial charge in [-0.25, -0.2) is 4.39 Å². The maximum Gasteiger partial charge on any atom is 0.305 e. The van der Waals surface area contributed by atoms with Crippen LogP contribution in [0.1, 0.15) is 32.7 Å². The van der Waals surface area contributed by atoms with Gasteiger partial charge in [0, 0.05) is 37.5 Å². The number of aliphatic carboxylic acids is 1. The van der Waals surface area contributed by atoms with Crippen LogP contribution in [0, 0.1) is 5.82 Å². The van der Waals surface area contributed by atoms with E-state index in [2.05, 4.69) is 4.98 Å². The average Bonchev–Trinajstić information content (AvgIpc) is 2.95. The Morgan fingerprint density at radius 1 is 0.816 bits per heavy atom. The van der Waals surface area contributed by atoms with Gasteiger partial charge in [0.25, 0.3) is 11.8 Å². The number of carboxylic acid groups (broad SMARTS) is 1. The molecule has 0 aliphatic heterocycles. The van der Waals surface area contributed by atoms with Crippen LogP contribution >= 0.6 is 0 Å². The number of amides is 2. The van der Waals surface area contributed by atoms with E-state index in [9.17, 15) is 23.9 Å². The van der Waals surface area contributed by atoms with Gasteiger partial charge < -0.3 is 14.9 Å². The van der Waals surface area contributed by atoms with Crippen LogP contribution in [0.15, 0.2) is 97.3 Å². The van der Waals surface area contributed by atoms with Gasteiger partial charge in [0.2, 0.25) is 0 Å². The lowest BCUT2D eigenvalue weighted by molar-refractivity contribution is -0.137. The van der Waals surface area contributed by atoms with Crippen LogP contribution in [0.5, 0.6) is 0 Å². The number of carbonyl (C=O) groups excluding carboxylic acids is 2. The topological polar surface area (TPSA) is 90.8 Å². The number of aromatic nitrogens is 1. The average molecular weight is 512 g/mol. The van der Waals surface area contributed by atoms with Crippen LogP contribution < -0.4 is 4.90 Å². The Labute approximate surface area is 219 Å². The van der Waals surface area contributed by atoms with E-state index >= 15 is 0 Å². The van der Waals surface area contributed by atoms with E-state index in [1.165, 1.54) is 21.9 Å². The lowest BCUT2D eigenvalue weighted by atomic mass is 9.94. The molecule has 7 nitrogen and oxygen atoms in total. The predicted molar refractivity (Wildman–Crippen MR) is 142 cm³/mol. The molecule has 0 aliphatic carbocycles. The Kier molecular flexibility index (Phi) is 8.23. The fourth-order valence-electron chi connectivity index (χ4n) is 4.12. The molecule has 38 heavy (non-hydrogen) atoms. The molecule has 8 heteroatoms. The first-order valence-corrected chi connectivity index (χ1v) is 12.0. The molecule has 0 atom stereocenters. The minimum Gasteiger partial charge on any atom is -0.481 e. The quantitative estimate of drug-likeness (QED) is 0.330. The molecule has 0 bridgehead atoms. The summed E-state index contributed by atoms with van der Waals surface area (Å²) in [4.78, 5) is 45.6. The molecule has 0 aliphatic rings. The smallest absolute Gasteiger partial charge is 0.305 e. The highest BCUT2D eigenvalue weighted by molar-refractivity contribution is 6.11. The van der Waals surface area contributed by atoms with Crippen molar-refractivity contribution >= 4 is 23.5 Å². The zero-order valence-electron chi connectivity index (χ0n) is 20.8.